The SMILES string of the molecule is CCOC(=O)Cc1ccccc1OCc1coc2c(C(F)(F)F)cc(Br)cc12. The number of carbonyl (C=O) groups excluding carboxylic acids is 1. The largest absolute Gasteiger partial charge is 0.488 e. The molecule has 0 unspecified atom stereocenters. The van der Waals surface area contributed by atoms with Crippen LogP contribution in [-0.2, 0) is 28.7 Å². The van der Waals surface area contributed by atoms with Gasteiger partial charge in [-0.15, -0.1) is 0 Å². The lowest BCUT2D eigenvalue weighted by Crippen LogP contribution is -2.09. The number of carbonyl (C=O) groups is 1. The van der Waals surface area contributed by atoms with Gasteiger partial charge in [-0.25, -0.2) is 0 Å². The van der Waals surface area contributed by atoms with E-state index in [4.69, 9.17) is 13.9 Å². The summed E-state index contributed by atoms with van der Waals surface area (Å²) in [6.07, 6.45) is -3.25. The first kappa shape index (κ1) is 20.3. The number of para-hydroxylation sites is 1. The molecule has 0 bridgehead atoms. The molecule has 0 N–H and O–H groups in total. The molecule has 28 heavy (non-hydrogen) atoms. The third kappa shape index (κ3) is 4.49. The first-order chi connectivity index (χ1) is 13.3. The second kappa shape index (κ2) is 8.26. The zero-order valence-electron chi connectivity index (χ0n) is 14.8. The molecule has 4 nitrogen and oxygen atoms in total. The highest BCUT2D eigenvalue weighted by Crippen LogP contribution is 2.39. The first-order valence-electron chi connectivity index (χ1n) is 8.42. The number of halogens is 4. The Bertz CT molecular complexity index is 995. The normalized spacial score (nSPS) is 11.6. The van der Waals surface area contributed by atoms with Crippen LogP contribution in [-0.4, -0.2) is 12.6 Å². The number of benzene rings is 2. The summed E-state index contributed by atoms with van der Waals surface area (Å²) < 4.78 is 55.9. The van der Waals surface area contributed by atoms with E-state index in [1.54, 1.807) is 37.3 Å². The summed E-state index contributed by atoms with van der Waals surface area (Å²) in [6.45, 7) is 1.98. The molecule has 0 saturated heterocycles. The number of fused-ring (bicyclic) bond motifs is 1. The number of hydrogen-bond donors (Lipinski definition) is 0. The Morgan fingerprint density at radius 2 is 1.93 bits per heavy atom. The van der Waals surface area contributed by atoms with E-state index in [1.165, 1.54) is 6.26 Å². The lowest BCUT2D eigenvalue weighted by molar-refractivity contribution is -0.142. The summed E-state index contributed by atoms with van der Waals surface area (Å²) >= 11 is 3.11. The zero-order valence-corrected chi connectivity index (χ0v) is 16.4. The van der Waals surface area contributed by atoms with Gasteiger partial charge in [0.2, 0.25) is 0 Å². The standard InChI is InChI=1S/C20H16BrF3O4/c1-2-26-18(25)7-12-5-3-4-6-17(12)27-10-13-11-28-19-15(13)8-14(21)9-16(19)20(22,23)24/h3-6,8-9,11H,2,7,10H2,1H3. The molecule has 0 atom stereocenters. The molecule has 0 fully saturated rings. The van der Waals surface area contributed by atoms with Crippen molar-refractivity contribution in [1.82, 2.24) is 0 Å². The predicted octanol–water partition coefficient (Wildman–Crippen LogP) is 5.90. The Morgan fingerprint density at radius 1 is 1.18 bits per heavy atom. The van der Waals surface area contributed by atoms with Crippen LogP contribution in [0.3, 0.4) is 0 Å². The molecular formula is C20H16BrF3O4. The molecular weight excluding hydrogens is 441 g/mol. The van der Waals surface area contributed by atoms with Gasteiger partial charge in [-0.1, -0.05) is 34.1 Å². The van der Waals surface area contributed by atoms with Gasteiger partial charge < -0.3 is 13.9 Å². The van der Waals surface area contributed by atoms with E-state index >= 15 is 0 Å². The maximum atomic E-state index is 13.2. The van der Waals surface area contributed by atoms with Crippen LogP contribution < -0.4 is 4.74 Å². The average molecular weight is 457 g/mol. The van der Waals surface area contributed by atoms with Crippen molar-refractivity contribution in [2.24, 2.45) is 0 Å². The second-order valence-corrected chi connectivity index (χ2v) is 6.88. The fourth-order valence-electron chi connectivity index (χ4n) is 2.79. The molecule has 2 aromatic carbocycles. The minimum atomic E-state index is -4.54. The van der Waals surface area contributed by atoms with Crippen molar-refractivity contribution in [2.75, 3.05) is 6.61 Å². The third-order valence-corrected chi connectivity index (χ3v) is 4.48. The summed E-state index contributed by atoms with van der Waals surface area (Å²) in [6, 6.07) is 9.46. The maximum Gasteiger partial charge on any atom is 0.420 e. The molecule has 3 rings (SSSR count). The monoisotopic (exact) mass is 456 g/mol. The van der Waals surface area contributed by atoms with Crippen LogP contribution in [0.2, 0.25) is 0 Å². The van der Waals surface area contributed by atoms with E-state index in [-0.39, 0.29) is 35.7 Å². The number of rotatable bonds is 6. The zero-order chi connectivity index (χ0) is 20.3. The minimum absolute atomic E-state index is 0.0133. The number of alkyl halides is 3. The molecule has 1 heterocycles. The van der Waals surface area contributed by atoms with Gasteiger partial charge in [0.15, 0.2) is 0 Å². The van der Waals surface area contributed by atoms with E-state index in [9.17, 15) is 18.0 Å². The summed E-state index contributed by atoms with van der Waals surface area (Å²) in [7, 11) is 0. The predicted molar refractivity (Wildman–Crippen MR) is 100 cm³/mol. The number of hydrogen-bond acceptors (Lipinski definition) is 4. The molecule has 0 aliphatic heterocycles. The summed E-state index contributed by atoms with van der Waals surface area (Å²) in [5.41, 5.74) is -0.00130. The van der Waals surface area contributed by atoms with Crippen molar-refractivity contribution in [2.45, 2.75) is 26.1 Å². The lowest BCUT2D eigenvalue weighted by Gasteiger charge is -2.11. The fraction of sp³-hybridized carbons (Fsp3) is 0.250. The van der Waals surface area contributed by atoms with Crippen LogP contribution in [0.1, 0.15) is 23.6 Å². The van der Waals surface area contributed by atoms with Gasteiger partial charge in [0.05, 0.1) is 24.9 Å². The van der Waals surface area contributed by atoms with E-state index < -0.39 is 11.7 Å². The van der Waals surface area contributed by atoms with Gasteiger partial charge in [-0.05, 0) is 25.1 Å². The quantitative estimate of drug-likeness (QED) is 0.433. The van der Waals surface area contributed by atoms with Gasteiger partial charge >= 0.3 is 12.1 Å². The highest BCUT2D eigenvalue weighted by atomic mass is 79.9. The summed E-state index contributed by atoms with van der Waals surface area (Å²) in [5.74, 6) is 0.0713. The van der Waals surface area contributed by atoms with Gasteiger partial charge in [-0.2, -0.15) is 13.2 Å². The number of furan rings is 1. The van der Waals surface area contributed by atoms with Crippen LogP contribution in [0.5, 0.6) is 5.75 Å². The van der Waals surface area contributed by atoms with Crippen molar-refractivity contribution in [3.63, 3.8) is 0 Å². The average Bonchev–Trinajstić information content (AvgIpc) is 3.02. The maximum absolute atomic E-state index is 13.2. The van der Waals surface area contributed by atoms with Crippen LogP contribution in [0, 0.1) is 0 Å². The molecule has 0 radical (unpaired) electrons. The van der Waals surface area contributed by atoms with Crippen molar-refractivity contribution in [1.29, 1.82) is 0 Å². The van der Waals surface area contributed by atoms with Gasteiger partial charge in [0.25, 0.3) is 0 Å². The topological polar surface area (TPSA) is 48.7 Å². The Labute approximate surface area is 167 Å². The molecule has 3 aromatic rings. The molecule has 0 amide bonds. The van der Waals surface area contributed by atoms with Gasteiger partial charge in [-0.3, -0.25) is 4.79 Å². The Balaban J connectivity index is 1.86. The first-order valence-corrected chi connectivity index (χ1v) is 9.22. The molecule has 0 aliphatic rings. The molecule has 0 saturated carbocycles. The minimum Gasteiger partial charge on any atom is -0.488 e. The second-order valence-electron chi connectivity index (χ2n) is 5.97. The van der Waals surface area contributed by atoms with Crippen molar-refractivity contribution in [3.8, 4) is 5.75 Å². The van der Waals surface area contributed by atoms with Crippen LogP contribution in [0.4, 0.5) is 13.2 Å². The Morgan fingerprint density at radius 3 is 2.64 bits per heavy atom. The van der Waals surface area contributed by atoms with Crippen LogP contribution >= 0.6 is 15.9 Å². The highest BCUT2D eigenvalue weighted by Gasteiger charge is 2.35. The van der Waals surface area contributed by atoms with Crippen molar-refractivity contribution >= 4 is 32.9 Å². The van der Waals surface area contributed by atoms with Gasteiger partial charge in [0.1, 0.15) is 17.9 Å². The summed E-state index contributed by atoms with van der Waals surface area (Å²) in [5, 5.41) is 0.310. The molecule has 148 valence electrons. The molecule has 0 spiro atoms. The van der Waals surface area contributed by atoms with Crippen molar-refractivity contribution in [3.05, 3.63) is 63.8 Å². The van der Waals surface area contributed by atoms with Gasteiger partial charge in [0, 0.05) is 21.0 Å². The summed E-state index contributed by atoms with van der Waals surface area (Å²) in [4.78, 5) is 11.7. The Kier molecular flexibility index (Phi) is 5.98. The molecule has 0 aliphatic carbocycles. The number of esters is 1. The number of ether oxygens (including phenoxy) is 2. The van der Waals surface area contributed by atoms with E-state index in [0.717, 1.165) is 6.07 Å². The van der Waals surface area contributed by atoms with Crippen molar-refractivity contribution < 1.29 is 31.9 Å². The molecule has 1 aromatic heterocycles. The fourth-order valence-corrected chi connectivity index (χ4v) is 3.25. The van der Waals surface area contributed by atoms with E-state index in [1.807, 2.05) is 0 Å². The smallest absolute Gasteiger partial charge is 0.420 e. The highest BCUT2D eigenvalue weighted by molar-refractivity contribution is 9.10. The lowest BCUT2D eigenvalue weighted by atomic mass is 10.1. The Hall–Kier alpha value is -2.48. The van der Waals surface area contributed by atoms with Crippen LogP contribution in [0.25, 0.3) is 11.0 Å². The third-order valence-electron chi connectivity index (χ3n) is 4.02. The molecule has 8 heteroatoms. The van der Waals surface area contributed by atoms with Crippen LogP contribution in [0.15, 0.2) is 51.6 Å². The van der Waals surface area contributed by atoms with E-state index in [0.29, 0.717) is 22.3 Å². The van der Waals surface area contributed by atoms with E-state index in [2.05, 4.69) is 15.9 Å².